The van der Waals surface area contributed by atoms with Gasteiger partial charge in [0, 0.05) is 23.2 Å². The third-order valence-electron chi connectivity index (χ3n) is 5.45. The molecule has 178 valence electrons. The summed E-state index contributed by atoms with van der Waals surface area (Å²) in [6.07, 6.45) is 2.94. The van der Waals surface area contributed by atoms with Crippen molar-refractivity contribution in [2.24, 2.45) is 9.98 Å². The van der Waals surface area contributed by atoms with E-state index in [-0.39, 0.29) is 52.3 Å². The van der Waals surface area contributed by atoms with Crippen LogP contribution in [-0.4, -0.2) is 41.5 Å². The maximum absolute atomic E-state index is 12.6. The van der Waals surface area contributed by atoms with E-state index < -0.39 is 23.5 Å². The molecule has 1 amide bonds. The standard InChI is InChI=1S/C25H26ClN3O5.Na/c1-3-4-13-25(28-20(22(26)29-25)14-21(30)34-2)15-16-9-11-17(12-10-16)27-23(31)18-7-5-6-8-19(18)24(32)33;/h5-12H,3-4,13-15H2,1-2H3,(H,27,31)(H,32,33);/q;+1/p-1. The fraction of sp³-hybridized carbons (Fsp3) is 0.320. The van der Waals surface area contributed by atoms with E-state index in [0.717, 1.165) is 18.4 Å². The zero-order valence-electron chi connectivity index (χ0n) is 20.0. The van der Waals surface area contributed by atoms with Gasteiger partial charge in [0.05, 0.1) is 25.2 Å². The number of carbonyl (C=O) groups excluding carboxylic acids is 3. The molecule has 0 spiro atoms. The summed E-state index contributed by atoms with van der Waals surface area (Å²) >= 11 is 6.30. The Hall–Kier alpha value is -2.52. The van der Waals surface area contributed by atoms with E-state index >= 15 is 0 Å². The Morgan fingerprint density at radius 1 is 1.06 bits per heavy atom. The smallest absolute Gasteiger partial charge is 0.545 e. The van der Waals surface area contributed by atoms with Crippen LogP contribution in [0.15, 0.2) is 58.5 Å². The maximum Gasteiger partial charge on any atom is 1.00 e. The number of carbonyl (C=O) groups is 3. The van der Waals surface area contributed by atoms with Crippen LogP contribution in [0.5, 0.6) is 0 Å². The number of amides is 1. The number of halogens is 1. The van der Waals surface area contributed by atoms with Gasteiger partial charge in [0.25, 0.3) is 5.91 Å². The van der Waals surface area contributed by atoms with E-state index in [1.807, 2.05) is 12.1 Å². The molecule has 3 rings (SSSR count). The molecule has 35 heavy (non-hydrogen) atoms. The number of rotatable bonds is 10. The molecule has 2 aromatic carbocycles. The van der Waals surface area contributed by atoms with Crippen molar-refractivity contribution in [3.8, 4) is 0 Å². The second-order valence-corrected chi connectivity index (χ2v) is 8.32. The van der Waals surface area contributed by atoms with Crippen LogP contribution in [-0.2, 0) is 16.0 Å². The molecule has 1 aliphatic heterocycles. The number of carboxylic acid groups (broad SMARTS) is 1. The second kappa shape index (κ2) is 13.0. The Kier molecular flexibility index (Phi) is 10.6. The predicted molar refractivity (Wildman–Crippen MR) is 128 cm³/mol. The number of anilines is 1. The van der Waals surface area contributed by atoms with Crippen molar-refractivity contribution < 1.29 is 53.8 Å². The van der Waals surface area contributed by atoms with Gasteiger partial charge in [-0.3, -0.25) is 14.6 Å². The Morgan fingerprint density at radius 2 is 1.71 bits per heavy atom. The number of unbranched alkanes of at least 4 members (excludes halogenated alkanes) is 1. The van der Waals surface area contributed by atoms with Crippen molar-refractivity contribution in [1.29, 1.82) is 0 Å². The molecule has 0 aliphatic carbocycles. The third-order valence-corrected chi connectivity index (χ3v) is 5.75. The number of nitrogens with zero attached hydrogens (tertiary/aromatic N) is 2. The van der Waals surface area contributed by atoms with Crippen LogP contribution in [0.25, 0.3) is 0 Å². The van der Waals surface area contributed by atoms with Crippen molar-refractivity contribution in [3.63, 3.8) is 0 Å². The average Bonchev–Trinajstić information content (AvgIpc) is 3.13. The minimum Gasteiger partial charge on any atom is -0.545 e. The molecule has 10 heteroatoms. The summed E-state index contributed by atoms with van der Waals surface area (Å²) in [5.74, 6) is -2.39. The summed E-state index contributed by atoms with van der Waals surface area (Å²) in [6.45, 7) is 2.07. The van der Waals surface area contributed by atoms with Crippen LogP contribution in [0.2, 0.25) is 0 Å². The van der Waals surface area contributed by atoms with Crippen LogP contribution in [0.4, 0.5) is 5.69 Å². The van der Waals surface area contributed by atoms with Crippen LogP contribution in [0.1, 0.15) is 58.9 Å². The molecule has 1 N–H and O–H groups in total. The number of hydrogen-bond donors (Lipinski definition) is 1. The van der Waals surface area contributed by atoms with Gasteiger partial charge in [-0.1, -0.05) is 55.3 Å². The number of hydrogen-bond acceptors (Lipinski definition) is 7. The second-order valence-electron chi connectivity index (χ2n) is 7.96. The number of carboxylic acids is 1. The molecule has 0 aromatic heterocycles. The van der Waals surface area contributed by atoms with Crippen LogP contribution in [0, 0.1) is 0 Å². The number of aromatic carboxylic acids is 1. The summed E-state index contributed by atoms with van der Waals surface area (Å²) < 4.78 is 4.72. The Morgan fingerprint density at radius 3 is 2.31 bits per heavy atom. The number of esters is 1. The average molecular weight is 506 g/mol. The van der Waals surface area contributed by atoms with Gasteiger partial charge in [-0.15, -0.1) is 0 Å². The molecular weight excluding hydrogens is 481 g/mol. The molecule has 0 fully saturated rings. The largest absolute Gasteiger partial charge is 1.00 e. The monoisotopic (exact) mass is 505 g/mol. The van der Waals surface area contributed by atoms with Gasteiger partial charge >= 0.3 is 35.5 Å². The van der Waals surface area contributed by atoms with Crippen molar-refractivity contribution >= 4 is 46.0 Å². The normalized spacial score (nSPS) is 16.5. The topological polar surface area (TPSA) is 120 Å². The van der Waals surface area contributed by atoms with Gasteiger partial charge in [-0.25, -0.2) is 4.99 Å². The molecule has 0 saturated carbocycles. The van der Waals surface area contributed by atoms with Gasteiger partial charge in [0.15, 0.2) is 5.66 Å². The number of ether oxygens (including phenoxy) is 1. The summed E-state index contributed by atoms with van der Waals surface area (Å²) in [5.41, 5.74) is 0.890. The van der Waals surface area contributed by atoms with E-state index in [1.54, 1.807) is 18.2 Å². The first-order chi connectivity index (χ1) is 16.3. The van der Waals surface area contributed by atoms with Crippen molar-refractivity contribution in [3.05, 3.63) is 65.2 Å². The number of benzene rings is 2. The maximum atomic E-state index is 12.6. The summed E-state index contributed by atoms with van der Waals surface area (Å²) in [6, 6.07) is 13.0. The van der Waals surface area contributed by atoms with Crippen LogP contribution in [0.3, 0.4) is 0 Å². The molecule has 2 aromatic rings. The number of nitrogens with one attached hydrogen (secondary N) is 1. The van der Waals surface area contributed by atoms with E-state index in [0.29, 0.717) is 24.2 Å². The number of aliphatic imine (C=N–C) groups is 2. The fourth-order valence-electron chi connectivity index (χ4n) is 3.72. The first kappa shape index (κ1) is 28.7. The van der Waals surface area contributed by atoms with Crippen molar-refractivity contribution in [1.82, 2.24) is 0 Å². The Labute approximate surface area is 231 Å². The first-order valence-electron chi connectivity index (χ1n) is 10.9. The molecule has 1 unspecified atom stereocenters. The summed E-state index contributed by atoms with van der Waals surface area (Å²) in [4.78, 5) is 44.8. The van der Waals surface area contributed by atoms with Gasteiger partial charge in [-0.2, -0.15) is 0 Å². The zero-order chi connectivity index (χ0) is 24.7. The third kappa shape index (κ3) is 7.48. The van der Waals surface area contributed by atoms with Gasteiger partial charge in [0.2, 0.25) is 0 Å². The Bertz CT molecular complexity index is 1150. The predicted octanol–water partition coefficient (Wildman–Crippen LogP) is 0.390. The minimum absolute atomic E-state index is 0. The molecule has 8 nitrogen and oxygen atoms in total. The van der Waals surface area contributed by atoms with Gasteiger partial charge < -0.3 is 20.0 Å². The molecule has 0 radical (unpaired) electrons. The number of methoxy groups -OCH3 is 1. The van der Waals surface area contributed by atoms with E-state index in [9.17, 15) is 19.5 Å². The molecular formula is C25H25ClN3NaO5. The molecule has 1 aliphatic rings. The van der Waals surface area contributed by atoms with Gasteiger partial charge in [-0.05, 0) is 36.6 Å². The van der Waals surface area contributed by atoms with Crippen molar-refractivity contribution in [2.45, 2.75) is 44.7 Å². The SMILES string of the molecule is CCCCC1(Cc2ccc(NC(=O)c3ccccc3C(=O)[O-])cc2)N=C(Cl)C(CC(=O)OC)=N1.[Na+]. The molecule has 1 atom stereocenters. The van der Waals surface area contributed by atoms with Crippen LogP contribution < -0.4 is 40.0 Å². The molecule has 0 saturated heterocycles. The van der Waals surface area contributed by atoms with E-state index in [4.69, 9.17) is 21.3 Å². The van der Waals surface area contributed by atoms with Crippen LogP contribution >= 0.6 is 11.6 Å². The first-order valence-corrected chi connectivity index (χ1v) is 11.3. The zero-order valence-corrected chi connectivity index (χ0v) is 22.7. The van der Waals surface area contributed by atoms with E-state index in [2.05, 4.69) is 17.2 Å². The quantitative estimate of drug-likeness (QED) is 0.370. The summed E-state index contributed by atoms with van der Waals surface area (Å²) in [5, 5.41) is 14.2. The van der Waals surface area contributed by atoms with Crippen molar-refractivity contribution in [2.75, 3.05) is 12.4 Å². The molecule has 0 bridgehead atoms. The summed E-state index contributed by atoms with van der Waals surface area (Å²) in [7, 11) is 1.31. The van der Waals surface area contributed by atoms with E-state index in [1.165, 1.54) is 25.3 Å². The fourth-order valence-corrected chi connectivity index (χ4v) is 3.99. The minimum atomic E-state index is -1.42. The molecule has 1 heterocycles. The van der Waals surface area contributed by atoms with Gasteiger partial charge in [0.1, 0.15) is 5.17 Å². The Balaban J connectivity index is 0.00000432.